The van der Waals surface area contributed by atoms with Crippen molar-refractivity contribution in [2.24, 2.45) is 11.8 Å². The third kappa shape index (κ3) is 6.09. The first-order chi connectivity index (χ1) is 21.1. The van der Waals surface area contributed by atoms with E-state index in [1.165, 1.54) is 36.3 Å². The monoisotopic (exact) mass is 621 g/mol. The molecule has 1 unspecified atom stereocenters. The maximum atomic E-state index is 14.4. The molecule has 1 saturated carbocycles. The molecule has 5 rings (SSSR count). The number of amides is 3. The maximum absolute atomic E-state index is 14.4. The van der Waals surface area contributed by atoms with Crippen molar-refractivity contribution in [1.82, 2.24) is 9.88 Å². The average Bonchev–Trinajstić information content (AvgIpc) is 3.79. The lowest BCUT2D eigenvalue weighted by Gasteiger charge is -2.36. The summed E-state index contributed by atoms with van der Waals surface area (Å²) in [7, 11) is 1.63. The molecule has 234 valence electrons. The van der Waals surface area contributed by atoms with E-state index in [1.807, 2.05) is 38.1 Å². The summed E-state index contributed by atoms with van der Waals surface area (Å²) in [4.78, 5) is 46.3. The molecule has 11 heteroatoms. The van der Waals surface area contributed by atoms with Crippen LogP contribution < -0.4 is 4.90 Å². The minimum Gasteiger partial charge on any atom is -0.480 e. The molecule has 0 bridgehead atoms. The van der Waals surface area contributed by atoms with Gasteiger partial charge in [0, 0.05) is 7.11 Å². The van der Waals surface area contributed by atoms with E-state index in [1.54, 1.807) is 13.3 Å². The molecule has 44 heavy (non-hydrogen) atoms. The van der Waals surface area contributed by atoms with Gasteiger partial charge in [0.05, 0.1) is 30.3 Å². The Hall–Kier alpha value is -3.80. The molecular weight excluding hydrogens is 582 g/mol. The van der Waals surface area contributed by atoms with Gasteiger partial charge in [0.1, 0.15) is 22.9 Å². The number of ether oxygens (including phenoxy) is 2. The van der Waals surface area contributed by atoms with Gasteiger partial charge in [-0.1, -0.05) is 36.4 Å². The number of imide groups is 1. The highest BCUT2D eigenvalue weighted by molar-refractivity contribution is 7.20. The molecule has 2 heterocycles. The zero-order valence-corrected chi connectivity index (χ0v) is 26.5. The number of carbonyl (C=O) groups is 3. The first-order valence-electron chi connectivity index (χ1n) is 14.7. The Balaban J connectivity index is 1.60. The number of fused-ring (bicyclic) bond motifs is 1. The summed E-state index contributed by atoms with van der Waals surface area (Å²) < 4.78 is 18.0. The second-order valence-corrected chi connectivity index (χ2v) is 13.0. The first-order valence-corrected chi connectivity index (χ1v) is 15.6. The van der Waals surface area contributed by atoms with Crippen molar-refractivity contribution >= 4 is 34.7 Å². The van der Waals surface area contributed by atoms with Crippen molar-refractivity contribution < 1.29 is 33.4 Å². The Morgan fingerprint density at radius 2 is 2.00 bits per heavy atom. The zero-order chi connectivity index (χ0) is 31.6. The van der Waals surface area contributed by atoms with Gasteiger partial charge < -0.3 is 19.0 Å². The molecule has 3 aromatic rings. The molecule has 0 spiro atoms. The number of hydrogen-bond acceptors (Lipinski definition) is 8. The van der Waals surface area contributed by atoms with Crippen molar-refractivity contribution in [2.75, 3.05) is 18.6 Å². The largest absolute Gasteiger partial charge is 0.480 e. The number of carboxylic acids is 1. The number of nitrogens with zero attached hydrogens (tertiary/aromatic N) is 3. The predicted octanol–water partition coefficient (Wildman–Crippen LogP) is 6.53. The van der Waals surface area contributed by atoms with E-state index < -0.39 is 23.6 Å². The Kier molecular flexibility index (Phi) is 9.38. The van der Waals surface area contributed by atoms with Gasteiger partial charge in [0.15, 0.2) is 0 Å². The number of carbonyl (C=O) groups excluding carboxylic acids is 2. The third-order valence-corrected chi connectivity index (χ3v) is 10.3. The maximum Gasteiger partial charge on any atom is 0.332 e. The van der Waals surface area contributed by atoms with Gasteiger partial charge >= 0.3 is 12.0 Å². The smallest absolute Gasteiger partial charge is 0.332 e. The van der Waals surface area contributed by atoms with Crippen LogP contribution in [0.15, 0.2) is 53.3 Å². The number of anilines is 1. The SMILES string of the molecule is COCc1ccccc1C(CN(C(=O)N(C=O)C(C)(C)C(=O)O)c1sc(-c2ncco2)c(C)c1C)O[C@H]1C[C@H]2CC=C[C@H]2C1. The molecule has 3 amide bonds. The first kappa shape index (κ1) is 31.6. The number of aromatic nitrogens is 1. The highest BCUT2D eigenvalue weighted by Crippen LogP contribution is 2.45. The molecule has 2 aromatic heterocycles. The number of hydrogen-bond donors (Lipinski definition) is 1. The second kappa shape index (κ2) is 13.1. The third-order valence-electron chi connectivity index (χ3n) is 8.90. The van der Waals surface area contributed by atoms with Gasteiger partial charge in [-0.3, -0.25) is 9.69 Å². The Morgan fingerprint density at radius 3 is 2.66 bits per heavy atom. The predicted molar refractivity (Wildman–Crippen MR) is 166 cm³/mol. The molecule has 0 saturated heterocycles. The van der Waals surface area contributed by atoms with E-state index >= 15 is 0 Å². The molecule has 1 N–H and O–H groups in total. The fourth-order valence-corrected chi connectivity index (χ4v) is 7.43. The number of rotatable bonds is 12. The normalized spacial score (nSPS) is 20.0. The van der Waals surface area contributed by atoms with Gasteiger partial charge in [-0.25, -0.2) is 19.5 Å². The highest BCUT2D eigenvalue weighted by Gasteiger charge is 2.43. The van der Waals surface area contributed by atoms with Gasteiger partial charge in [-0.2, -0.15) is 0 Å². The minimum absolute atomic E-state index is 0.0285. The van der Waals surface area contributed by atoms with E-state index in [0.29, 0.717) is 29.3 Å². The summed E-state index contributed by atoms with van der Waals surface area (Å²) in [5.41, 5.74) is 1.65. The molecule has 2 aliphatic carbocycles. The topological polar surface area (TPSA) is 122 Å². The van der Waals surface area contributed by atoms with Crippen molar-refractivity contribution in [3.05, 3.63) is 71.1 Å². The lowest BCUT2D eigenvalue weighted by Crippen LogP contribution is -2.57. The fraction of sp³-hybridized carbons (Fsp3) is 0.455. The minimum atomic E-state index is -1.80. The summed E-state index contributed by atoms with van der Waals surface area (Å²) in [6, 6.07) is 7.04. The van der Waals surface area contributed by atoms with Crippen LogP contribution in [-0.2, 0) is 25.7 Å². The molecular formula is C33H39N3O7S. The summed E-state index contributed by atoms with van der Waals surface area (Å²) in [6.45, 7) is 6.85. The van der Waals surface area contributed by atoms with Gasteiger partial charge in [-0.15, -0.1) is 11.3 Å². The lowest BCUT2D eigenvalue weighted by molar-refractivity contribution is -0.150. The van der Waals surface area contributed by atoms with Crippen LogP contribution in [-0.4, -0.2) is 58.7 Å². The van der Waals surface area contributed by atoms with Crippen LogP contribution in [0.2, 0.25) is 0 Å². The van der Waals surface area contributed by atoms with Gasteiger partial charge in [-0.05, 0) is 81.0 Å². The Labute approximate surface area is 261 Å². The van der Waals surface area contributed by atoms with E-state index in [0.717, 1.165) is 51.3 Å². The van der Waals surface area contributed by atoms with Crippen molar-refractivity contribution in [3.63, 3.8) is 0 Å². The summed E-state index contributed by atoms with van der Waals surface area (Å²) in [6.07, 6.45) is 10.0. The van der Waals surface area contributed by atoms with Crippen molar-refractivity contribution in [3.8, 4) is 10.8 Å². The zero-order valence-electron chi connectivity index (χ0n) is 25.7. The molecule has 2 aliphatic rings. The number of allylic oxidation sites excluding steroid dienone is 2. The number of carboxylic acid groups (broad SMARTS) is 1. The van der Waals surface area contributed by atoms with Crippen LogP contribution >= 0.6 is 11.3 Å². The van der Waals surface area contributed by atoms with E-state index in [9.17, 15) is 19.5 Å². The van der Waals surface area contributed by atoms with Crippen molar-refractivity contribution in [2.45, 2.75) is 71.3 Å². The van der Waals surface area contributed by atoms with Crippen LogP contribution in [0, 0.1) is 25.7 Å². The summed E-state index contributed by atoms with van der Waals surface area (Å²) in [5.74, 6) is 0.123. The molecule has 0 radical (unpaired) electrons. The quantitative estimate of drug-likeness (QED) is 0.179. The number of oxazole rings is 1. The fourth-order valence-electron chi connectivity index (χ4n) is 6.17. The summed E-state index contributed by atoms with van der Waals surface area (Å²) >= 11 is 1.30. The van der Waals surface area contributed by atoms with Crippen LogP contribution in [0.25, 0.3) is 10.8 Å². The number of thiophene rings is 1. The van der Waals surface area contributed by atoms with Crippen molar-refractivity contribution in [1.29, 1.82) is 0 Å². The van der Waals surface area contributed by atoms with Crippen LogP contribution in [0.3, 0.4) is 0 Å². The number of urea groups is 1. The molecule has 1 aromatic carbocycles. The molecule has 1 fully saturated rings. The number of benzene rings is 1. The second-order valence-electron chi connectivity index (χ2n) is 12.0. The number of methoxy groups -OCH3 is 1. The lowest BCUT2D eigenvalue weighted by atomic mass is 10.0. The highest BCUT2D eigenvalue weighted by atomic mass is 32.1. The molecule has 0 aliphatic heterocycles. The van der Waals surface area contributed by atoms with E-state index in [2.05, 4.69) is 17.1 Å². The molecule has 10 nitrogen and oxygen atoms in total. The Morgan fingerprint density at radius 1 is 1.23 bits per heavy atom. The standard InChI is InChI=1S/C33H39N3O7S/c1-20-21(2)30(44-28(20)29-34-13-14-42-29)35(32(40)36(19-37)33(3,4)31(38)39)17-27(26-12-7-6-9-24(26)18-41-5)43-25-15-22-10-8-11-23(22)16-25/h6-10,12-14,19,22-23,25,27H,11,15-18H2,1-5H3,(H,38,39)/t22-,23+,25+,27?/m0/s1. The van der Waals surface area contributed by atoms with Gasteiger partial charge in [0.25, 0.3) is 0 Å². The van der Waals surface area contributed by atoms with Crippen LogP contribution in [0.1, 0.15) is 61.5 Å². The number of aliphatic carboxylic acids is 1. The van der Waals surface area contributed by atoms with Crippen LogP contribution in [0.4, 0.5) is 9.80 Å². The average molecular weight is 622 g/mol. The Bertz CT molecular complexity index is 1530. The van der Waals surface area contributed by atoms with Crippen LogP contribution in [0.5, 0.6) is 0 Å². The molecule has 4 atom stereocenters. The van der Waals surface area contributed by atoms with E-state index in [4.69, 9.17) is 13.9 Å². The van der Waals surface area contributed by atoms with E-state index in [-0.39, 0.29) is 19.1 Å². The summed E-state index contributed by atoms with van der Waals surface area (Å²) in [5, 5.41) is 10.5. The van der Waals surface area contributed by atoms with Gasteiger partial charge in [0.2, 0.25) is 12.3 Å².